The Balaban J connectivity index is 2.74. The number of methoxy groups -OCH3 is 2. The molecule has 0 radical (unpaired) electrons. The Morgan fingerprint density at radius 3 is 2.22 bits per heavy atom. The van der Waals surface area contributed by atoms with E-state index in [4.69, 9.17) is 9.47 Å². The zero-order valence-corrected chi connectivity index (χ0v) is 14.6. The summed E-state index contributed by atoms with van der Waals surface area (Å²) in [5.41, 5.74) is -0.281. The lowest BCUT2D eigenvalue weighted by Gasteiger charge is -2.24. The van der Waals surface area contributed by atoms with Crippen LogP contribution in [0.2, 0.25) is 0 Å². The van der Waals surface area contributed by atoms with Crippen molar-refractivity contribution in [2.75, 3.05) is 14.2 Å². The molecule has 0 saturated carbocycles. The molecule has 128 valence electrons. The topological polar surface area (TPSA) is 76.7 Å². The van der Waals surface area contributed by atoms with Gasteiger partial charge in [-0.15, -0.1) is 0 Å². The SMILES string of the molecule is COc1ccc(CNC(=O)C(C)(C)C(=O)NC(C)C)cc1OC. The van der Waals surface area contributed by atoms with Crippen molar-refractivity contribution in [1.82, 2.24) is 10.6 Å². The second kappa shape index (κ2) is 7.85. The Bertz CT molecular complexity index is 568. The molecule has 6 heteroatoms. The van der Waals surface area contributed by atoms with Crippen molar-refractivity contribution in [2.45, 2.75) is 40.3 Å². The second-order valence-electron chi connectivity index (χ2n) is 6.13. The van der Waals surface area contributed by atoms with Gasteiger partial charge in [-0.2, -0.15) is 0 Å². The predicted octanol–water partition coefficient (Wildman–Crippen LogP) is 1.87. The number of ether oxygens (including phenoxy) is 2. The normalized spacial score (nSPS) is 11.1. The highest BCUT2D eigenvalue weighted by Crippen LogP contribution is 2.27. The molecule has 0 bridgehead atoms. The minimum atomic E-state index is -1.14. The maximum atomic E-state index is 12.3. The van der Waals surface area contributed by atoms with Crippen molar-refractivity contribution >= 4 is 11.8 Å². The van der Waals surface area contributed by atoms with Gasteiger partial charge in [0.05, 0.1) is 14.2 Å². The van der Waals surface area contributed by atoms with Crippen LogP contribution in [0.25, 0.3) is 0 Å². The minimum Gasteiger partial charge on any atom is -0.493 e. The molecule has 0 unspecified atom stereocenters. The first kappa shape index (κ1) is 18.8. The van der Waals surface area contributed by atoms with Gasteiger partial charge >= 0.3 is 0 Å². The van der Waals surface area contributed by atoms with E-state index in [1.165, 1.54) is 0 Å². The molecule has 0 saturated heterocycles. The first-order chi connectivity index (χ1) is 10.7. The van der Waals surface area contributed by atoms with Crippen LogP contribution in [-0.2, 0) is 16.1 Å². The Morgan fingerprint density at radius 2 is 1.70 bits per heavy atom. The second-order valence-corrected chi connectivity index (χ2v) is 6.13. The van der Waals surface area contributed by atoms with Crippen molar-refractivity contribution in [3.8, 4) is 11.5 Å². The van der Waals surface area contributed by atoms with E-state index in [1.54, 1.807) is 40.2 Å². The average Bonchev–Trinajstić information content (AvgIpc) is 2.51. The molecule has 0 aliphatic heterocycles. The molecule has 0 fully saturated rings. The van der Waals surface area contributed by atoms with E-state index in [0.717, 1.165) is 5.56 Å². The van der Waals surface area contributed by atoms with Crippen LogP contribution in [-0.4, -0.2) is 32.1 Å². The lowest BCUT2D eigenvalue weighted by atomic mass is 9.90. The quantitative estimate of drug-likeness (QED) is 0.751. The first-order valence-corrected chi connectivity index (χ1v) is 7.52. The molecular formula is C17H26N2O4. The lowest BCUT2D eigenvalue weighted by Crippen LogP contribution is -2.49. The van der Waals surface area contributed by atoms with Gasteiger partial charge < -0.3 is 20.1 Å². The van der Waals surface area contributed by atoms with E-state index in [1.807, 2.05) is 19.9 Å². The highest BCUT2D eigenvalue weighted by atomic mass is 16.5. The highest BCUT2D eigenvalue weighted by Gasteiger charge is 2.36. The summed E-state index contributed by atoms with van der Waals surface area (Å²) in [4.78, 5) is 24.4. The summed E-state index contributed by atoms with van der Waals surface area (Å²) in [6, 6.07) is 5.39. The number of carbonyl (C=O) groups is 2. The molecule has 1 aromatic carbocycles. The van der Waals surface area contributed by atoms with Crippen LogP contribution >= 0.6 is 0 Å². The molecular weight excluding hydrogens is 296 g/mol. The van der Waals surface area contributed by atoms with Crippen LogP contribution in [0.5, 0.6) is 11.5 Å². The Kier molecular flexibility index (Phi) is 6.42. The molecule has 0 aromatic heterocycles. The average molecular weight is 322 g/mol. The van der Waals surface area contributed by atoms with Gasteiger partial charge in [0.2, 0.25) is 11.8 Å². The predicted molar refractivity (Wildman–Crippen MR) is 88.5 cm³/mol. The maximum Gasteiger partial charge on any atom is 0.235 e. The van der Waals surface area contributed by atoms with E-state index < -0.39 is 5.41 Å². The number of hydrogen-bond acceptors (Lipinski definition) is 4. The number of carbonyl (C=O) groups excluding carboxylic acids is 2. The van der Waals surface area contributed by atoms with Crippen LogP contribution in [0.1, 0.15) is 33.3 Å². The summed E-state index contributed by atoms with van der Waals surface area (Å²) in [6.07, 6.45) is 0. The lowest BCUT2D eigenvalue weighted by molar-refractivity contribution is -0.141. The number of hydrogen-bond donors (Lipinski definition) is 2. The summed E-state index contributed by atoms with van der Waals surface area (Å²) >= 11 is 0. The van der Waals surface area contributed by atoms with Crippen molar-refractivity contribution in [3.05, 3.63) is 23.8 Å². The first-order valence-electron chi connectivity index (χ1n) is 7.52. The molecule has 2 N–H and O–H groups in total. The molecule has 0 aliphatic carbocycles. The van der Waals surface area contributed by atoms with Gasteiger partial charge in [0.1, 0.15) is 5.41 Å². The van der Waals surface area contributed by atoms with Crippen LogP contribution in [0.3, 0.4) is 0 Å². The van der Waals surface area contributed by atoms with Crippen molar-refractivity contribution in [3.63, 3.8) is 0 Å². The van der Waals surface area contributed by atoms with Crippen LogP contribution in [0.15, 0.2) is 18.2 Å². The third-order valence-electron chi connectivity index (χ3n) is 3.46. The van der Waals surface area contributed by atoms with Crippen LogP contribution < -0.4 is 20.1 Å². The number of rotatable bonds is 7. The van der Waals surface area contributed by atoms with Crippen LogP contribution in [0.4, 0.5) is 0 Å². The monoisotopic (exact) mass is 322 g/mol. The minimum absolute atomic E-state index is 0.0135. The smallest absolute Gasteiger partial charge is 0.235 e. The van der Waals surface area contributed by atoms with E-state index in [9.17, 15) is 9.59 Å². The fourth-order valence-corrected chi connectivity index (χ4v) is 1.94. The number of nitrogens with one attached hydrogen (secondary N) is 2. The zero-order valence-electron chi connectivity index (χ0n) is 14.6. The highest BCUT2D eigenvalue weighted by molar-refractivity contribution is 6.04. The fraction of sp³-hybridized carbons (Fsp3) is 0.529. The van der Waals surface area contributed by atoms with Gasteiger partial charge in [0, 0.05) is 12.6 Å². The fourth-order valence-electron chi connectivity index (χ4n) is 1.94. The summed E-state index contributed by atoms with van der Waals surface area (Å²) in [5.74, 6) is 0.595. The molecule has 2 amide bonds. The third-order valence-corrected chi connectivity index (χ3v) is 3.46. The zero-order chi connectivity index (χ0) is 17.6. The summed E-state index contributed by atoms with van der Waals surface area (Å²) < 4.78 is 10.4. The molecule has 1 aromatic rings. The van der Waals surface area contributed by atoms with Gasteiger partial charge in [0.25, 0.3) is 0 Å². The van der Waals surface area contributed by atoms with Gasteiger partial charge in [-0.3, -0.25) is 9.59 Å². The number of benzene rings is 1. The summed E-state index contributed by atoms with van der Waals surface area (Å²) in [7, 11) is 3.12. The van der Waals surface area contributed by atoms with E-state index in [-0.39, 0.29) is 17.9 Å². The standard InChI is InChI=1S/C17H26N2O4/c1-11(2)19-16(21)17(3,4)15(20)18-10-12-7-8-13(22-5)14(9-12)23-6/h7-9,11H,10H2,1-6H3,(H,18,20)(H,19,21). The molecule has 0 aliphatic rings. The Morgan fingerprint density at radius 1 is 1.09 bits per heavy atom. The Labute approximate surface area is 137 Å². The van der Waals surface area contributed by atoms with Crippen molar-refractivity contribution in [2.24, 2.45) is 5.41 Å². The molecule has 0 atom stereocenters. The van der Waals surface area contributed by atoms with E-state index in [0.29, 0.717) is 18.0 Å². The van der Waals surface area contributed by atoms with Crippen molar-refractivity contribution in [1.29, 1.82) is 0 Å². The van der Waals surface area contributed by atoms with E-state index >= 15 is 0 Å². The summed E-state index contributed by atoms with van der Waals surface area (Å²) in [6.45, 7) is 7.23. The van der Waals surface area contributed by atoms with Crippen molar-refractivity contribution < 1.29 is 19.1 Å². The van der Waals surface area contributed by atoms with Crippen LogP contribution in [0, 0.1) is 5.41 Å². The molecule has 6 nitrogen and oxygen atoms in total. The van der Waals surface area contributed by atoms with Gasteiger partial charge in [-0.1, -0.05) is 6.07 Å². The molecule has 0 spiro atoms. The largest absolute Gasteiger partial charge is 0.493 e. The number of amides is 2. The molecule has 0 heterocycles. The maximum absolute atomic E-state index is 12.3. The van der Waals surface area contributed by atoms with Gasteiger partial charge in [-0.25, -0.2) is 0 Å². The molecule has 23 heavy (non-hydrogen) atoms. The van der Waals surface area contributed by atoms with Gasteiger partial charge in [-0.05, 0) is 45.4 Å². The summed E-state index contributed by atoms with van der Waals surface area (Å²) in [5, 5.41) is 5.55. The van der Waals surface area contributed by atoms with Gasteiger partial charge in [0.15, 0.2) is 11.5 Å². The van der Waals surface area contributed by atoms with E-state index in [2.05, 4.69) is 10.6 Å². The Hall–Kier alpha value is -2.24. The third kappa shape index (κ3) is 4.87. The molecule has 1 rings (SSSR count).